The number of hydrogen-bond acceptors (Lipinski definition) is 6. The van der Waals surface area contributed by atoms with Crippen LogP contribution in [0.5, 0.6) is 0 Å². The minimum Gasteiger partial charge on any atom is -0.382 e. The topological polar surface area (TPSA) is 103 Å². The summed E-state index contributed by atoms with van der Waals surface area (Å²) in [5.74, 6) is 1.10. The van der Waals surface area contributed by atoms with Crippen molar-refractivity contribution in [2.75, 3.05) is 32.5 Å². The van der Waals surface area contributed by atoms with E-state index in [-0.39, 0.29) is 5.84 Å². The van der Waals surface area contributed by atoms with E-state index in [9.17, 15) is 0 Å². The highest BCUT2D eigenvalue weighted by Crippen LogP contribution is 2.33. The zero-order valence-electron chi connectivity index (χ0n) is 14.3. The summed E-state index contributed by atoms with van der Waals surface area (Å²) >= 11 is 1.70. The van der Waals surface area contributed by atoms with Crippen LogP contribution in [-0.4, -0.2) is 42.9 Å². The smallest absolute Gasteiger partial charge is 0.155 e. The number of aromatic nitrogens is 1. The van der Waals surface area contributed by atoms with E-state index in [0.29, 0.717) is 5.56 Å². The number of benzene rings is 1. The maximum atomic E-state index is 6.82. The van der Waals surface area contributed by atoms with Gasteiger partial charge in [-0.3, -0.25) is 0 Å². The zero-order valence-corrected chi connectivity index (χ0v) is 15.1. The zero-order chi connectivity index (χ0) is 17.8. The molecule has 8 heteroatoms. The minimum atomic E-state index is 0.213. The number of nitrogens with one attached hydrogen (secondary N) is 2. The largest absolute Gasteiger partial charge is 0.382 e. The highest BCUT2D eigenvalue weighted by molar-refractivity contribution is 7.18. The van der Waals surface area contributed by atoms with Crippen molar-refractivity contribution in [2.45, 2.75) is 6.42 Å². The SMILES string of the molecule is CN(C)CCCNc1nc2cc(/C(N)=N/N=N)ccc2c2sccc12. The molecule has 0 radical (unpaired) electrons. The molecule has 2 aromatic heterocycles. The molecule has 25 heavy (non-hydrogen) atoms. The van der Waals surface area contributed by atoms with Crippen LogP contribution >= 0.6 is 11.3 Å². The number of thiophene rings is 1. The van der Waals surface area contributed by atoms with E-state index < -0.39 is 0 Å². The van der Waals surface area contributed by atoms with Crippen LogP contribution in [0.1, 0.15) is 12.0 Å². The number of nitrogens with zero attached hydrogens (tertiary/aromatic N) is 4. The van der Waals surface area contributed by atoms with Gasteiger partial charge in [0.1, 0.15) is 5.82 Å². The first-order chi connectivity index (χ1) is 12.1. The van der Waals surface area contributed by atoms with Gasteiger partial charge in [-0.05, 0) is 44.6 Å². The van der Waals surface area contributed by atoms with Gasteiger partial charge >= 0.3 is 0 Å². The van der Waals surface area contributed by atoms with E-state index in [4.69, 9.17) is 16.2 Å². The number of amidine groups is 1. The Morgan fingerprint density at radius 3 is 2.92 bits per heavy atom. The lowest BCUT2D eigenvalue weighted by Gasteiger charge is -2.12. The Bertz CT molecular complexity index is 929. The van der Waals surface area contributed by atoms with Crippen LogP contribution in [0.15, 0.2) is 40.0 Å². The summed E-state index contributed by atoms with van der Waals surface area (Å²) in [6.45, 7) is 1.89. The summed E-state index contributed by atoms with van der Waals surface area (Å²) < 4.78 is 1.20. The average Bonchev–Trinajstić information content (AvgIpc) is 3.08. The standard InChI is InChI=1S/C17H21N7S/c1-24(2)8-3-7-20-17-13-6-9-25-15(13)12-5-4-11(10-14(12)21-17)16(18)22-23-19/h4-6,9-10H,3,7-8H2,1-2H3,(H,20,21)(H3,18,19,22). The van der Waals surface area contributed by atoms with Gasteiger partial charge in [0.25, 0.3) is 0 Å². The molecule has 0 aliphatic carbocycles. The normalized spacial score (nSPS) is 12.2. The molecule has 0 unspecified atom stereocenters. The highest BCUT2D eigenvalue weighted by Gasteiger charge is 2.11. The molecule has 0 bridgehead atoms. The first-order valence-electron chi connectivity index (χ1n) is 8.00. The van der Waals surface area contributed by atoms with E-state index in [1.54, 1.807) is 11.3 Å². The van der Waals surface area contributed by atoms with Crippen LogP contribution in [0.3, 0.4) is 0 Å². The van der Waals surface area contributed by atoms with Crippen molar-refractivity contribution < 1.29 is 0 Å². The Morgan fingerprint density at radius 2 is 2.16 bits per heavy atom. The lowest BCUT2D eigenvalue weighted by Crippen LogP contribution is -2.16. The molecule has 0 saturated carbocycles. The second-order valence-electron chi connectivity index (χ2n) is 6.02. The van der Waals surface area contributed by atoms with Crippen molar-refractivity contribution in [1.29, 1.82) is 5.53 Å². The molecule has 4 N–H and O–H groups in total. The van der Waals surface area contributed by atoms with Crippen LogP contribution in [0, 0.1) is 5.53 Å². The van der Waals surface area contributed by atoms with Gasteiger partial charge in [0.15, 0.2) is 5.84 Å². The average molecular weight is 355 g/mol. The van der Waals surface area contributed by atoms with E-state index in [1.807, 2.05) is 18.2 Å². The molecule has 7 nitrogen and oxygen atoms in total. The maximum absolute atomic E-state index is 6.82. The molecule has 0 aliphatic rings. The molecule has 3 rings (SSSR count). The van der Waals surface area contributed by atoms with Crippen molar-refractivity contribution in [1.82, 2.24) is 9.88 Å². The van der Waals surface area contributed by atoms with Gasteiger partial charge in [0, 0.05) is 27.6 Å². The predicted octanol–water partition coefficient (Wildman–Crippen LogP) is 3.46. The van der Waals surface area contributed by atoms with Crippen LogP contribution < -0.4 is 11.1 Å². The minimum absolute atomic E-state index is 0.213. The molecule has 0 spiro atoms. The van der Waals surface area contributed by atoms with Gasteiger partial charge in [-0.2, -0.15) is 5.53 Å². The van der Waals surface area contributed by atoms with Crippen LogP contribution in [0.4, 0.5) is 5.82 Å². The van der Waals surface area contributed by atoms with Crippen LogP contribution in [0.25, 0.3) is 21.0 Å². The highest BCUT2D eigenvalue weighted by atomic mass is 32.1. The van der Waals surface area contributed by atoms with Crippen molar-refractivity contribution in [3.8, 4) is 0 Å². The fourth-order valence-electron chi connectivity index (χ4n) is 2.71. The Kier molecular flexibility index (Phi) is 5.20. The molecule has 3 aromatic rings. The third-order valence-electron chi connectivity index (χ3n) is 3.92. The third kappa shape index (κ3) is 3.75. The van der Waals surface area contributed by atoms with Gasteiger partial charge in [0.2, 0.25) is 0 Å². The van der Waals surface area contributed by atoms with Gasteiger partial charge in [-0.25, -0.2) is 4.98 Å². The molecule has 2 heterocycles. The van der Waals surface area contributed by atoms with Gasteiger partial charge < -0.3 is 16.0 Å². The fourth-order valence-corrected chi connectivity index (χ4v) is 3.64. The second-order valence-corrected chi connectivity index (χ2v) is 6.94. The van der Waals surface area contributed by atoms with E-state index >= 15 is 0 Å². The molecule has 0 aliphatic heterocycles. The Hall–Kier alpha value is -2.58. The van der Waals surface area contributed by atoms with Crippen LogP contribution in [0.2, 0.25) is 0 Å². The summed E-state index contributed by atoms with van der Waals surface area (Å²) in [5, 5.41) is 14.3. The summed E-state index contributed by atoms with van der Waals surface area (Å²) in [6.07, 6.45) is 1.04. The van der Waals surface area contributed by atoms with Crippen LogP contribution in [-0.2, 0) is 0 Å². The van der Waals surface area contributed by atoms with Crippen molar-refractivity contribution in [3.63, 3.8) is 0 Å². The monoisotopic (exact) mass is 355 g/mol. The Labute approximate surface area is 150 Å². The first kappa shape index (κ1) is 17.2. The van der Waals surface area contributed by atoms with E-state index in [1.165, 1.54) is 4.70 Å². The van der Waals surface area contributed by atoms with E-state index in [0.717, 1.165) is 41.6 Å². The summed E-state index contributed by atoms with van der Waals surface area (Å²) in [5.41, 5.74) is 14.2. The maximum Gasteiger partial charge on any atom is 0.155 e. The Balaban J connectivity index is 1.98. The lowest BCUT2D eigenvalue weighted by atomic mass is 10.1. The van der Waals surface area contributed by atoms with E-state index in [2.05, 4.69) is 46.1 Å². The predicted molar refractivity (Wildman–Crippen MR) is 105 cm³/mol. The molecule has 0 saturated heterocycles. The number of anilines is 1. The molecule has 1 aromatic carbocycles. The van der Waals surface area contributed by atoms with Crippen molar-refractivity contribution in [2.24, 2.45) is 16.1 Å². The molecule has 0 fully saturated rings. The molecule has 0 atom stereocenters. The summed E-state index contributed by atoms with van der Waals surface area (Å²) in [6, 6.07) is 7.88. The van der Waals surface area contributed by atoms with Gasteiger partial charge in [-0.15, -0.1) is 16.4 Å². The number of fused-ring (bicyclic) bond motifs is 3. The fraction of sp³-hybridized carbons (Fsp3) is 0.294. The molecule has 130 valence electrons. The first-order valence-corrected chi connectivity index (χ1v) is 8.88. The Morgan fingerprint density at radius 1 is 1.32 bits per heavy atom. The molecular weight excluding hydrogens is 334 g/mol. The molecule has 0 amide bonds. The number of nitrogens with two attached hydrogens (primary N) is 1. The van der Waals surface area contributed by atoms with Gasteiger partial charge in [0.05, 0.1) is 5.52 Å². The quantitative estimate of drug-likeness (QED) is 0.198. The number of rotatable bonds is 7. The molecular formula is C17H21N7S. The third-order valence-corrected chi connectivity index (χ3v) is 4.87. The van der Waals surface area contributed by atoms with Crippen molar-refractivity contribution in [3.05, 3.63) is 35.2 Å². The number of hydrogen-bond donors (Lipinski definition) is 3. The van der Waals surface area contributed by atoms with Crippen molar-refractivity contribution >= 4 is 44.0 Å². The number of pyridine rings is 1. The second kappa shape index (κ2) is 7.54. The van der Waals surface area contributed by atoms with Gasteiger partial charge in [-0.1, -0.05) is 17.4 Å². The summed E-state index contributed by atoms with van der Waals surface area (Å²) in [4.78, 5) is 6.96. The lowest BCUT2D eigenvalue weighted by molar-refractivity contribution is 0.405. The summed E-state index contributed by atoms with van der Waals surface area (Å²) in [7, 11) is 4.14.